The Morgan fingerprint density at radius 1 is 1.87 bits per heavy atom. The Morgan fingerprint density at radius 3 is 3.53 bits per heavy atom. The van der Waals surface area contributed by atoms with Crippen LogP contribution in [0.15, 0.2) is 6.17 Å². The van der Waals surface area contributed by atoms with Gasteiger partial charge < -0.3 is 10.1 Å². The molecule has 0 aliphatic carbocycles. The van der Waals surface area contributed by atoms with E-state index in [1.165, 1.54) is 0 Å². The Labute approximate surface area is 99.6 Å². The van der Waals surface area contributed by atoms with Crippen molar-refractivity contribution in [3.05, 3.63) is 17.0 Å². The van der Waals surface area contributed by atoms with Gasteiger partial charge in [-0.15, -0.1) is 0 Å². The molecule has 82 valence electrons. The van der Waals surface area contributed by atoms with Crippen LogP contribution >= 0.6 is 11.6 Å². The highest BCUT2D eigenvalue weighted by atomic mass is 35.5. The second kappa shape index (κ2) is 4.77. The number of halogens is 1. The number of nitrogens with zero attached hydrogens (tertiary/aromatic N) is 2. The predicted molar refractivity (Wildman–Crippen MR) is 58.3 cm³/mol. The van der Waals surface area contributed by atoms with Gasteiger partial charge in [0, 0.05) is 6.42 Å². The Balaban J connectivity index is 2.20. The smallest absolute Gasteiger partial charge is 0.235 e. The van der Waals surface area contributed by atoms with Gasteiger partial charge in [0.1, 0.15) is 10.8 Å². The average molecular weight is 232 g/mol. The van der Waals surface area contributed by atoms with Crippen molar-refractivity contribution < 1.29 is 10.2 Å². The fourth-order valence-corrected chi connectivity index (χ4v) is 1.78. The van der Waals surface area contributed by atoms with Gasteiger partial charge in [0.05, 0.1) is 18.7 Å². The quantitative estimate of drug-likeness (QED) is 0.852. The van der Waals surface area contributed by atoms with E-state index in [9.17, 15) is 0 Å². The van der Waals surface area contributed by atoms with Gasteiger partial charge in [-0.05, 0) is 25.4 Å². The number of ether oxygens (including phenoxy) is 1. The molecule has 1 saturated heterocycles. The van der Waals surface area contributed by atoms with E-state index in [0.29, 0.717) is 18.2 Å². The Hall–Kier alpha value is -0.870. The van der Waals surface area contributed by atoms with Gasteiger partial charge in [-0.3, -0.25) is 0 Å². The van der Waals surface area contributed by atoms with E-state index < -0.39 is 7.04 Å². The minimum Gasteiger partial charge on any atom is -0.480 e. The first-order chi connectivity index (χ1) is 8.85. The summed E-state index contributed by atoms with van der Waals surface area (Å²) in [7, 11) is -2.64. The van der Waals surface area contributed by atoms with Crippen molar-refractivity contribution in [1.29, 1.82) is 0 Å². The van der Waals surface area contributed by atoms with Crippen molar-refractivity contribution >= 4 is 11.6 Å². The van der Waals surface area contributed by atoms with Crippen LogP contribution in [0.2, 0.25) is 5.02 Å². The van der Waals surface area contributed by atoms with Crippen LogP contribution in [-0.4, -0.2) is 30.1 Å². The second-order valence-corrected chi connectivity index (χ2v) is 3.91. The standard InChI is InChI=1S/C10H14ClN3O/c1-15-10-8(11)6-13-9(14-10)4-7-2-3-12-5-7/h6-7,12H,2-5H2,1H3/t7-/m0/s1/i1D3,6D. The molecule has 1 aromatic rings. The highest BCUT2D eigenvalue weighted by Gasteiger charge is 2.17. The third kappa shape index (κ3) is 2.58. The molecule has 0 saturated carbocycles. The maximum Gasteiger partial charge on any atom is 0.235 e. The number of rotatable bonds is 3. The summed E-state index contributed by atoms with van der Waals surface area (Å²) in [6.45, 7) is 1.82. The molecule has 0 spiro atoms. The molecule has 5 heteroatoms. The maximum atomic E-state index is 7.62. The van der Waals surface area contributed by atoms with E-state index in [4.69, 9.17) is 21.8 Å². The summed E-state index contributed by atoms with van der Waals surface area (Å²) < 4.78 is 33.5. The highest BCUT2D eigenvalue weighted by Crippen LogP contribution is 2.21. The summed E-state index contributed by atoms with van der Waals surface area (Å²) in [5.41, 5.74) is 0. The van der Waals surface area contributed by atoms with Gasteiger partial charge in [0.2, 0.25) is 5.88 Å². The van der Waals surface area contributed by atoms with E-state index in [0.717, 1.165) is 19.5 Å². The molecule has 2 rings (SSSR count). The van der Waals surface area contributed by atoms with Crippen molar-refractivity contribution in [3.63, 3.8) is 0 Å². The number of hydrogen-bond donors (Lipinski definition) is 1. The Kier molecular flexibility index (Phi) is 2.12. The van der Waals surface area contributed by atoms with Crippen molar-refractivity contribution in [2.24, 2.45) is 5.92 Å². The number of methoxy groups -OCH3 is 1. The lowest BCUT2D eigenvalue weighted by atomic mass is 10.0. The topological polar surface area (TPSA) is 47.0 Å². The van der Waals surface area contributed by atoms with Crippen LogP contribution in [0.1, 0.15) is 17.7 Å². The van der Waals surface area contributed by atoms with Crippen LogP contribution < -0.4 is 10.1 Å². The Bertz CT molecular complexity index is 463. The number of nitrogens with one attached hydrogen (secondary N) is 1. The molecule has 1 aliphatic rings. The highest BCUT2D eigenvalue weighted by molar-refractivity contribution is 6.31. The third-order valence-corrected chi connectivity index (χ3v) is 2.68. The van der Waals surface area contributed by atoms with Crippen LogP contribution in [0.3, 0.4) is 0 Å². The maximum absolute atomic E-state index is 7.62. The SMILES string of the molecule is [2H]c1nc(C[C@@H]2CCNC2)nc(OC([2H])([2H])[2H])c1Cl. The largest absolute Gasteiger partial charge is 0.480 e. The molecule has 0 amide bonds. The van der Waals surface area contributed by atoms with E-state index >= 15 is 0 Å². The molecule has 0 aromatic carbocycles. The van der Waals surface area contributed by atoms with E-state index in [1.54, 1.807) is 0 Å². The summed E-state index contributed by atoms with van der Waals surface area (Å²) in [5.74, 6) is 0.533. The van der Waals surface area contributed by atoms with Crippen LogP contribution in [0.5, 0.6) is 5.88 Å². The van der Waals surface area contributed by atoms with Crippen LogP contribution in [0, 0.1) is 5.92 Å². The minimum atomic E-state index is -2.64. The molecule has 0 unspecified atom stereocenters. The molecule has 1 aromatic heterocycles. The van der Waals surface area contributed by atoms with Gasteiger partial charge >= 0.3 is 0 Å². The van der Waals surface area contributed by atoms with Crippen molar-refractivity contribution in [3.8, 4) is 5.88 Å². The van der Waals surface area contributed by atoms with Gasteiger partial charge in [-0.1, -0.05) is 11.6 Å². The molecule has 1 atom stereocenters. The fourth-order valence-electron chi connectivity index (χ4n) is 1.66. The molecule has 4 nitrogen and oxygen atoms in total. The lowest BCUT2D eigenvalue weighted by Crippen LogP contribution is -2.12. The zero-order valence-corrected chi connectivity index (χ0v) is 8.84. The zero-order chi connectivity index (χ0) is 14.0. The fraction of sp³-hybridized carbons (Fsp3) is 0.600. The normalized spacial score (nSPS) is 25.3. The average Bonchev–Trinajstić information content (AvgIpc) is 2.76. The molecular weight excluding hydrogens is 214 g/mol. The molecule has 1 aliphatic heterocycles. The number of hydrogen-bond acceptors (Lipinski definition) is 4. The lowest BCUT2D eigenvalue weighted by molar-refractivity contribution is 0.393. The van der Waals surface area contributed by atoms with Gasteiger partial charge in [0.25, 0.3) is 0 Å². The summed E-state index contributed by atoms with van der Waals surface area (Å²) in [6, 6.07) is 0. The molecule has 2 heterocycles. The molecule has 0 radical (unpaired) electrons. The summed E-state index contributed by atoms with van der Waals surface area (Å²) in [4.78, 5) is 7.97. The van der Waals surface area contributed by atoms with Crippen LogP contribution in [-0.2, 0) is 6.42 Å². The van der Waals surface area contributed by atoms with E-state index in [1.807, 2.05) is 0 Å². The van der Waals surface area contributed by atoms with Crippen LogP contribution in [0.25, 0.3) is 0 Å². The van der Waals surface area contributed by atoms with Gasteiger partial charge in [-0.25, -0.2) is 4.98 Å². The first-order valence-corrected chi connectivity index (χ1v) is 5.16. The molecule has 1 N–H and O–H groups in total. The molecular formula is C10H14ClN3O. The second-order valence-electron chi connectivity index (χ2n) is 3.54. The van der Waals surface area contributed by atoms with E-state index in [2.05, 4.69) is 15.3 Å². The Morgan fingerprint density at radius 2 is 2.80 bits per heavy atom. The van der Waals surface area contributed by atoms with Crippen molar-refractivity contribution in [2.45, 2.75) is 12.8 Å². The monoisotopic (exact) mass is 231 g/mol. The van der Waals surface area contributed by atoms with E-state index in [-0.39, 0.29) is 17.1 Å². The molecule has 0 bridgehead atoms. The third-order valence-electron chi connectivity index (χ3n) is 2.43. The molecule has 1 fully saturated rings. The lowest BCUT2D eigenvalue weighted by Gasteiger charge is -2.08. The van der Waals surface area contributed by atoms with Crippen molar-refractivity contribution in [1.82, 2.24) is 15.3 Å². The molecule has 15 heavy (non-hydrogen) atoms. The summed E-state index contributed by atoms with van der Waals surface area (Å²) >= 11 is 5.79. The minimum absolute atomic E-state index is 0.176. The van der Waals surface area contributed by atoms with Gasteiger partial charge in [-0.2, -0.15) is 4.98 Å². The number of aromatic nitrogens is 2. The summed E-state index contributed by atoms with van der Waals surface area (Å²) in [5, 5.41) is 3.05. The first-order valence-electron chi connectivity index (χ1n) is 6.78. The zero-order valence-electron chi connectivity index (χ0n) is 12.1. The van der Waals surface area contributed by atoms with Crippen molar-refractivity contribution in [2.75, 3.05) is 20.1 Å². The first kappa shape index (κ1) is 6.66. The van der Waals surface area contributed by atoms with Crippen LogP contribution in [0.4, 0.5) is 0 Å². The summed E-state index contributed by atoms with van der Waals surface area (Å²) in [6.07, 6.45) is 1.37. The van der Waals surface area contributed by atoms with Gasteiger partial charge in [0.15, 0.2) is 0 Å². The predicted octanol–water partition coefficient (Wildman–Crippen LogP) is 1.29.